The molecule has 3 N–H and O–H groups in total. The lowest BCUT2D eigenvalue weighted by atomic mass is 10.3. The Kier molecular flexibility index (Phi) is 7.52. The van der Waals surface area contributed by atoms with E-state index in [1.807, 2.05) is 30.5 Å². The number of benzene rings is 1. The maximum atomic E-state index is 13.0. The van der Waals surface area contributed by atoms with E-state index in [0.717, 1.165) is 23.5 Å². The third-order valence-corrected chi connectivity index (χ3v) is 3.56. The number of rotatable bonds is 6. The summed E-state index contributed by atoms with van der Waals surface area (Å²) in [7, 11) is 0. The molecule has 0 aliphatic carbocycles. The number of nitrogens with two attached hydrogens (primary N) is 1. The van der Waals surface area contributed by atoms with E-state index >= 15 is 0 Å². The van der Waals surface area contributed by atoms with E-state index in [4.69, 9.17) is 5.73 Å². The molecule has 6 nitrogen and oxygen atoms in total. The summed E-state index contributed by atoms with van der Waals surface area (Å²) < 4.78 is 14.6. The Morgan fingerprint density at radius 3 is 2.65 bits per heavy atom. The number of guanidine groups is 1. The van der Waals surface area contributed by atoms with Crippen molar-refractivity contribution in [3.8, 4) is 5.69 Å². The first kappa shape index (κ1) is 19.8. The highest BCUT2D eigenvalue weighted by Gasteiger charge is 2.02. The van der Waals surface area contributed by atoms with Crippen molar-refractivity contribution < 1.29 is 4.39 Å². The first-order valence-electron chi connectivity index (χ1n) is 7.95. The number of aromatic nitrogens is 3. The van der Waals surface area contributed by atoms with Gasteiger partial charge in [-0.2, -0.15) is 5.10 Å². The minimum atomic E-state index is -0.273. The predicted molar refractivity (Wildman–Crippen MR) is 110 cm³/mol. The Morgan fingerprint density at radius 1 is 1.12 bits per heavy atom. The zero-order valence-electron chi connectivity index (χ0n) is 14.0. The first-order chi connectivity index (χ1) is 12.2. The normalized spacial score (nSPS) is 11.0. The van der Waals surface area contributed by atoms with Gasteiger partial charge in [0, 0.05) is 31.1 Å². The van der Waals surface area contributed by atoms with E-state index in [1.165, 1.54) is 12.1 Å². The standard InChI is InChI=1S/C18H19FN6.HI/c19-14-4-6-17(7-5-14)25-12-9-16(24-25)13-23-18(20)22-11-8-15-3-1-2-10-21-15;/h1-7,9-10,12H,8,11,13H2,(H3,20,22,23);1H. The van der Waals surface area contributed by atoms with Crippen molar-refractivity contribution in [2.75, 3.05) is 6.54 Å². The van der Waals surface area contributed by atoms with Crippen LogP contribution in [0.2, 0.25) is 0 Å². The van der Waals surface area contributed by atoms with E-state index in [0.29, 0.717) is 19.0 Å². The molecule has 0 saturated carbocycles. The highest BCUT2D eigenvalue weighted by molar-refractivity contribution is 14.0. The van der Waals surface area contributed by atoms with Crippen molar-refractivity contribution in [2.24, 2.45) is 10.7 Å². The van der Waals surface area contributed by atoms with E-state index in [9.17, 15) is 4.39 Å². The fourth-order valence-electron chi connectivity index (χ4n) is 2.27. The smallest absolute Gasteiger partial charge is 0.188 e. The Labute approximate surface area is 168 Å². The third-order valence-electron chi connectivity index (χ3n) is 3.56. The molecule has 0 saturated heterocycles. The summed E-state index contributed by atoms with van der Waals surface area (Å²) in [5.74, 6) is 0.0949. The van der Waals surface area contributed by atoms with E-state index < -0.39 is 0 Å². The van der Waals surface area contributed by atoms with E-state index in [1.54, 1.807) is 23.0 Å². The molecule has 26 heavy (non-hydrogen) atoms. The number of nitrogens with one attached hydrogen (secondary N) is 1. The van der Waals surface area contributed by atoms with Crippen LogP contribution in [0.4, 0.5) is 4.39 Å². The monoisotopic (exact) mass is 466 g/mol. The van der Waals surface area contributed by atoms with Gasteiger partial charge in [0.15, 0.2) is 5.96 Å². The number of nitrogens with zero attached hydrogens (tertiary/aromatic N) is 4. The van der Waals surface area contributed by atoms with Crippen molar-refractivity contribution >= 4 is 29.9 Å². The van der Waals surface area contributed by atoms with E-state index in [2.05, 4.69) is 20.4 Å². The molecule has 0 spiro atoms. The molecule has 1 aromatic carbocycles. The number of hydrogen-bond donors (Lipinski definition) is 2. The van der Waals surface area contributed by atoms with Crippen LogP contribution in [0.5, 0.6) is 0 Å². The molecule has 0 aliphatic heterocycles. The molecule has 136 valence electrons. The lowest BCUT2D eigenvalue weighted by Crippen LogP contribution is -2.33. The second-order valence-corrected chi connectivity index (χ2v) is 5.43. The Bertz CT molecular complexity index is 832. The second-order valence-electron chi connectivity index (χ2n) is 5.43. The van der Waals surface area contributed by atoms with Gasteiger partial charge in [-0.05, 0) is 42.5 Å². The van der Waals surface area contributed by atoms with Gasteiger partial charge in [-0.25, -0.2) is 14.1 Å². The molecule has 0 unspecified atom stereocenters. The van der Waals surface area contributed by atoms with Crippen molar-refractivity contribution in [3.05, 3.63) is 78.1 Å². The minimum Gasteiger partial charge on any atom is -0.370 e. The van der Waals surface area contributed by atoms with Crippen molar-refractivity contribution in [3.63, 3.8) is 0 Å². The third kappa shape index (κ3) is 5.80. The summed E-state index contributed by atoms with van der Waals surface area (Å²) in [5.41, 5.74) is 8.43. The van der Waals surface area contributed by atoms with Gasteiger partial charge in [-0.3, -0.25) is 4.98 Å². The molecule has 3 aromatic rings. The Morgan fingerprint density at radius 2 is 1.92 bits per heavy atom. The van der Waals surface area contributed by atoms with Crippen molar-refractivity contribution in [2.45, 2.75) is 13.0 Å². The molecular weight excluding hydrogens is 446 g/mol. The van der Waals surface area contributed by atoms with Gasteiger partial charge in [-0.1, -0.05) is 6.07 Å². The average Bonchev–Trinajstić information content (AvgIpc) is 3.10. The summed E-state index contributed by atoms with van der Waals surface area (Å²) >= 11 is 0. The molecule has 8 heteroatoms. The van der Waals surface area contributed by atoms with Crippen LogP contribution in [-0.4, -0.2) is 27.3 Å². The maximum Gasteiger partial charge on any atom is 0.188 e. The number of hydrogen-bond acceptors (Lipinski definition) is 3. The summed E-state index contributed by atoms with van der Waals surface area (Å²) in [6.45, 7) is 1.03. The number of halogens is 2. The molecule has 0 atom stereocenters. The van der Waals surface area contributed by atoms with Gasteiger partial charge in [0.1, 0.15) is 5.82 Å². The van der Waals surface area contributed by atoms with Crippen LogP contribution >= 0.6 is 24.0 Å². The minimum absolute atomic E-state index is 0. The quantitative estimate of drug-likeness (QED) is 0.333. The molecule has 0 fully saturated rings. The molecule has 0 radical (unpaired) electrons. The zero-order chi connectivity index (χ0) is 17.5. The fraction of sp³-hybridized carbons (Fsp3) is 0.167. The number of aliphatic imine (C=N–C) groups is 1. The molecule has 3 rings (SSSR count). The van der Waals surface area contributed by atoms with Crippen molar-refractivity contribution in [1.29, 1.82) is 0 Å². The summed E-state index contributed by atoms with van der Waals surface area (Å²) in [6.07, 6.45) is 4.35. The van der Waals surface area contributed by atoms with Gasteiger partial charge < -0.3 is 11.1 Å². The second kappa shape index (κ2) is 9.85. The summed E-state index contributed by atoms with van der Waals surface area (Å²) in [5, 5.41) is 7.46. The van der Waals surface area contributed by atoms with Gasteiger partial charge in [0.2, 0.25) is 0 Å². The largest absolute Gasteiger partial charge is 0.370 e. The fourth-order valence-corrected chi connectivity index (χ4v) is 2.27. The molecule has 2 heterocycles. The van der Waals surface area contributed by atoms with Gasteiger partial charge in [0.25, 0.3) is 0 Å². The lowest BCUT2D eigenvalue weighted by Gasteiger charge is -2.04. The van der Waals surface area contributed by atoms with Gasteiger partial charge >= 0.3 is 0 Å². The highest BCUT2D eigenvalue weighted by atomic mass is 127. The summed E-state index contributed by atoms with van der Waals surface area (Å²) in [4.78, 5) is 8.52. The highest BCUT2D eigenvalue weighted by Crippen LogP contribution is 2.09. The SMILES string of the molecule is I.NC(=NCc1ccn(-c2ccc(F)cc2)n1)NCCc1ccccn1. The van der Waals surface area contributed by atoms with Crippen LogP contribution in [0.25, 0.3) is 5.69 Å². The molecule has 2 aromatic heterocycles. The zero-order valence-corrected chi connectivity index (χ0v) is 16.4. The van der Waals surface area contributed by atoms with Crippen LogP contribution in [0, 0.1) is 5.82 Å². The van der Waals surface area contributed by atoms with Crippen LogP contribution in [0.1, 0.15) is 11.4 Å². The van der Waals surface area contributed by atoms with Crippen molar-refractivity contribution in [1.82, 2.24) is 20.1 Å². The molecule has 0 aliphatic rings. The van der Waals surface area contributed by atoms with Crippen LogP contribution < -0.4 is 11.1 Å². The van der Waals surface area contributed by atoms with Gasteiger partial charge in [-0.15, -0.1) is 24.0 Å². The molecule has 0 bridgehead atoms. The average molecular weight is 466 g/mol. The predicted octanol–water partition coefficient (Wildman–Crippen LogP) is 2.67. The molecular formula is C18H20FIN6. The lowest BCUT2D eigenvalue weighted by molar-refractivity contribution is 0.627. The van der Waals surface area contributed by atoms with E-state index in [-0.39, 0.29) is 29.8 Å². The molecule has 0 amide bonds. The Balaban J connectivity index is 0.00000243. The topological polar surface area (TPSA) is 81.1 Å². The first-order valence-corrected chi connectivity index (χ1v) is 7.95. The maximum absolute atomic E-state index is 13.0. The van der Waals surface area contributed by atoms with Crippen LogP contribution in [0.3, 0.4) is 0 Å². The van der Waals surface area contributed by atoms with Gasteiger partial charge in [0.05, 0.1) is 17.9 Å². The summed E-state index contributed by atoms with van der Waals surface area (Å²) in [6, 6.07) is 13.8. The van der Waals surface area contributed by atoms with Crippen LogP contribution in [0.15, 0.2) is 65.9 Å². The van der Waals surface area contributed by atoms with Crippen LogP contribution in [-0.2, 0) is 13.0 Å². The number of pyridine rings is 1. The Hall–Kier alpha value is -2.49.